The highest BCUT2D eigenvalue weighted by Crippen LogP contribution is 2.22. The van der Waals surface area contributed by atoms with E-state index in [4.69, 9.17) is 14.1 Å². The summed E-state index contributed by atoms with van der Waals surface area (Å²) in [6.45, 7) is 9.21. The molecule has 2 aliphatic heterocycles. The Morgan fingerprint density at radius 3 is 3.03 bits per heavy atom. The van der Waals surface area contributed by atoms with Crippen LogP contribution in [0.4, 0.5) is 0 Å². The lowest BCUT2D eigenvalue weighted by molar-refractivity contribution is 0.0377. The number of rotatable bonds is 8. The number of nitrogens with one attached hydrogen (secondary N) is 2. The molecule has 4 heterocycles. The van der Waals surface area contributed by atoms with E-state index in [0.717, 1.165) is 102 Å². The van der Waals surface area contributed by atoms with Gasteiger partial charge in [-0.05, 0) is 38.3 Å². The van der Waals surface area contributed by atoms with Gasteiger partial charge in [-0.2, -0.15) is 5.10 Å². The minimum absolute atomic E-state index is 0.133. The van der Waals surface area contributed by atoms with Crippen LogP contribution in [-0.2, 0) is 17.7 Å². The number of nitrogens with zero attached hydrogens (tertiary/aromatic N) is 5. The van der Waals surface area contributed by atoms with Crippen molar-refractivity contribution in [2.24, 2.45) is 4.99 Å². The highest BCUT2D eigenvalue weighted by Gasteiger charge is 2.24. The standard InChI is InChI=1S/C21H33N7O2/c1-17-24-20-19(6-2-11-28(20)26-17)25-21(23-9-7-18-5-3-14-30-18)22-8-4-10-27-12-15-29-16-13-27/h3,5,14,19H,2,4,6-13,15-16H2,1H3,(H2,22,23,25). The largest absolute Gasteiger partial charge is 0.469 e. The maximum Gasteiger partial charge on any atom is 0.191 e. The molecule has 0 radical (unpaired) electrons. The van der Waals surface area contributed by atoms with E-state index in [0.29, 0.717) is 0 Å². The second-order valence-electron chi connectivity index (χ2n) is 7.87. The lowest BCUT2D eigenvalue weighted by atomic mass is 10.1. The Morgan fingerprint density at radius 1 is 1.30 bits per heavy atom. The SMILES string of the molecule is Cc1nc2n(n1)CCCC2NC(=NCCCN1CCOCC1)NCCc1ccco1. The second kappa shape index (κ2) is 10.6. The fraction of sp³-hybridized carbons (Fsp3) is 0.667. The van der Waals surface area contributed by atoms with Crippen LogP contribution in [-0.4, -0.2) is 71.6 Å². The summed E-state index contributed by atoms with van der Waals surface area (Å²) in [5, 5.41) is 11.6. The molecule has 0 aromatic carbocycles. The number of aliphatic imine (C=N–C) groups is 1. The van der Waals surface area contributed by atoms with Gasteiger partial charge in [0.2, 0.25) is 0 Å². The lowest BCUT2D eigenvalue weighted by Gasteiger charge is -2.26. The maximum absolute atomic E-state index is 5.44. The minimum Gasteiger partial charge on any atom is -0.469 e. The molecule has 164 valence electrons. The van der Waals surface area contributed by atoms with Crippen LogP contribution in [0.15, 0.2) is 27.8 Å². The van der Waals surface area contributed by atoms with Gasteiger partial charge in [-0.1, -0.05) is 0 Å². The van der Waals surface area contributed by atoms with E-state index in [-0.39, 0.29) is 6.04 Å². The van der Waals surface area contributed by atoms with Gasteiger partial charge in [0.25, 0.3) is 0 Å². The van der Waals surface area contributed by atoms with Gasteiger partial charge >= 0.3 is 0 Å². The Bertz CT molecular complexity index is 796. The van der Waals surface area contributed by atoms with Gasteiger partial charge in [0, 0.05) is 45.7 Å². The number of aryl methyl sites for hydroxylation is 2. The van der Waals surface area contributed by atoms with Crippen LogP contribution in [0.2, 0.25) is 0 Å². The second-order valence-corrected chi connectivity index (χ2v) is 7.87. The molecular weight excluding hydrogens is 382 g/mol. The third-order valence-electron chi connectivity index (χ3n) is 5.54. The first-order valence-corrected chi connectivity index (χ1v) is 11.1. The Labute approximate surface area is 177 Å². The summed E-state index contributed by atoms with van der Waals surface area (Å²) in [6, 6.07) is 4.06. The average molecular weight is 416 g/mol. The lowest BCUT2D eigenvalue weighted by Crippen LogP contribution is -2.42. The zero-order valence-corrected chi connectivity index (χ0v) is 17.8. The quantitative estimate of drug-likeness (QED) is 0.384. The van der Waals surface area contributed by atoms with E-state index in [1.165, 1.54) is 0 Å². The van der Waals surface area contributed by atoms with Gasteiger partial charge < -0.3 is 19.8 Å². The molecule has 0 saturated carbocycles. The molecule has 4 rings (SSSR count). The van der Waals surface area contributed by atoms with Gasteiger partial charge in [0.15, 0.2) is 5.96 Å². The zero-order chi connectivity index (χ0) is 20.6. The van der Waals surface area contributed by atoms with Crippen molar-refractivity contribution in [3.63, 3.8) is 0 Å². The van der Waals surface area contributed by atoms with Gasteiger partial charge in [-0.3, -0.25) is 9.89 Å². The van der Waals surface area contributed by atoms with Crippen molar-refractivity contribution < 1.29 is 9.15 Å². The molecule has 9 nitrogen and oxygen atoms in total. The Hall–Kier alpha value is -2.39. The molecule has 0 spiro atoms. The molecule has 2 aromatic rings. The highest BCUT2D eigenvalue weighted by atomic mass is 16.5. The minimum atomic E-state index is 0.133. The first-order chi connectivity index (χ1) is 14.8. The van der Waals surface area contributed by atoms with Crippen LogP contribution in [0.25, 0.3) is 0 Å². The van der Waals surface area contributed by atoms with Gasteiger partial charge in [0.1, 0.15) is 17.4 Å². The van der Waals surface area contributed by atoms with Crippen molar-refractivity contribution in [1.29, 1.82) is 0 Å². The smallest absolute Gasteiger partial charge is 0.191 e. The fourth-order valence-electron chi connectivity index (χ4n) is 3.99. The summed E-state index contributed by atoms with van der Waals surface area (Å²) in [5.41, 5.74) is 0. The molecule has 2 N–H and O–H groups in total. The van der Waals surface area contributed by atoms with Crippen molar-refractivity contribution in [2.75, 3.05) is 45.9 Å². The molecule has 9 heteroatoms. The van der Waals surface area contributed by atoms with Crippen LogP contribution < -0.4 is 10.6 Å². The van der Waals surface area contributed by atoms with Gasteiger partial charge in [-0.15, -0.1) is 0 Å². The predicted octanol–water partition coefficient (Wildman–Crippen LogP) is 1.51. The van der Waals surface area contributed by atoms with Crippen molar-refractivity contribution in [2.45, 2.75) is 45.2 Å². The van der Waals surface area contributed by atoms with Crippen molar-refractivity contribution >= 4 is 5.96 Å². The number of guanidine groups is 1. The molecular formula is C21H33N7O2. The number of furan rings is 1. The third-order valence-corrected chi connectivity index (χ3v) is 5.54. The van der Waals surface area contributed by atoms with Crippen molar-refractivity contribution in [3.8, 4) is 0 Å². The number of ether oxygens (including phenoxy) is 1. The summed E-state index contributed by atoms with van der Waals surface area (Å²) in [4.78, 5) is 11.9. The topological polar surface area (TPSA) is 92.7 Å². The fourth-order valence-corrected chi connectivity index (χ4v) is 3.99. The number of hydrogen-bond acceptors (Lipinski definition) is 6. The van der Waals surface area contributed by atoms with E-state index in [1.807, 2.05) is 23.7 Å². The van der Waals surface area contributed by atoms with Crippen molar-refractivity contribution in [3.05, 3.63) is 35.8 Å². The average Bonchev–Trinajstić information content (AvgIpc) is 3.41. The number of hydrogen-bond donors (Lipinski definition) is 2. The summed E-state index contributed by atoms with van der Waals surface area (Å²) >= 11 is 0. The van der Waals surface area contributed by atoms with E-state index >= 15 is 0 Å². The monoisotopic (exact) mass is 415 g/mol. The Morgan fingerprint density at radius 2 is 2.20 bits per heavy atom. The van der Waals surface area contributed by atoms with Gasteiger partial charge in [-0.25, -0.2) is 9.67 Å². The number of morpholine rings is 1. The van der Waals surface area contributed by atoms with E-state index in [9.17, 15) is 0 Å². The van der Waals surface area contributed by atoms with Crippen LogP contribution in [0.1, 0.15) is 42.7 Å². The molecule has 1 atom stereocenters. The molecule has 30 heavy (non-hydrogen) atoms. The number of aromatic nitrogens is 3. The van der Waals surface area contributed by atoms with Crippen molar-refractivity contribution in [1.82, 2.24) is 30.3 Å². The molecule has 0 bridgehead atoms. The highest BCUT2D eigenvalue weighted by molar-refractivity contribution is 5.80. The zero-order valence-electron chi connectivity index (χ0n) is 17.8. The molecule has 2 aromatic heterocycles. The summed E-state index contributed by atoms with van der Waals surface area (Å²) in [7, 11) is 0. The Balaban J connectivity index is 1.33. The molecule has 1 saturated heterocycles. The molecule has 0 amide bonds. The Kier molecular flexibility index (Phi) is 7.36. The number of fused-ring (bicyclic) bond motifs is 1. The first kappa shape index (κ1) is 20.9. The van der Waals surface area contributed by atoms with E-state index in [1.54, 1.807) is 6.26 Å². The molecule has 2 aliphatic rings. The maximum atomic E-state index is 5.44. The molecule has 1 unspecified atom stereocenters. The third kappa shape index (κ3) is 5.82. The van der Waals surface area contributed by atoms with Crippen LogP contribution in [0.3, 0.4) is 0 Å². The predicted molar refractivity (Wildman–Crippen MR) is 114 cm³/mol. The summed E-state index contributed by atoms with van der Waals surface area (Å²) < 4.78 is 12.9. The van der Waals surface area contributed by atoms with Crippen LogP contribution >= 0.6 is 0 Å². The first-order valence-electron chi connectivity index (χ1n) is 11.1. The van der Waals surface area contributed by atoms with Crippen LogP contribution in [0.5, 0.6) is 0 Å². The van der Waals surface area contributed by atoms with Gasteiger partial charge in [0.05, 0.1) is 25.5 Å². The normalized spacial score (nSPS) is 20.2. The summed E-state index contributed by atoms with van der Waals surface area (Å²) in [6.07, 6.45) is 5.69. The molecule has 1 fully saturated rings. The van der Waals surface area contributed by atoms with E-state index in [2.05, 4.69) is 25.6 Å². The summed E-state index contributed by atoms with van der Waals surface area (Å²) in [5.74, 6) is 3.64. The molecule has 0 aliphatic carbocycles. The van der Waals surface area contributed by atoms with E-state index < -0.39 is 0 Å². The van der Waals surface area contributed by atoms with Crippen LogP contribution in [0, 0.1) is 6.92 Å².